The fourth-order valence-corrected chi connectivity index (χ4v) is 3.70. The monoisotopic (exact) mass is 406 g/mol. The van der Waals surface area contributed by atoms with Crippen LogP contribution >= 0.6 is 40.1 Å². The van der Waals surface area contributed by atoms with Gasteiger partial charge in [0, 0.05) is 27.2 Å². The topological polar surface area (TPSA) is 41.1 Å². The van der Waals surface area contributed by atoms with E-state index in [-0.39, 0.29) is 29.0 Å². The van der Waals surface area contributed by atoms with Gasteiger partial charge in [-0.1, -0.05) is 15.9 Å². The molecule has 0 aromatic heterocycles. The molecule has 0 spiro atoms. The summed E-state index contributed by atoms with van der Waals surface area (Å²) in [6.07, 6.45) is 2.09. The summed E-state index contributed by atoms with van der Waals surface area (Å²) in [7, 11) is 0. The van der Waals surface area contributed by atoms with E-state index in [9.17, 15) is 4.79 Å². The number of halogens is 2. The first kappa shape index (κ1) is 19.8. The maximum atomic E-state index is 12.2. The first-order valence-electron chi connectivity index (χ1n) is 7.39. The van der Waals surface area contributed by atoms with Crippen LogP contribution in [0, 0.1) is 5.92 Å². The molecule has 3 nitrogen and oxygen atoms in total. The first-order valence-corrected chi connectivity index (χ1v) is 9.00. The number of hydrogen-bond acceptors (Lipinski definition) is 3. The SMILES string of the molecule is CC(C)(CNC(=O)C1CCCNC1)Sc1ccc(Br)cc1.Cl. The summed E-state index contributed by atoms with van der Waals surface area (Å²) in [4.78, 5) is 13.4. The van der Waals surface area contributed by atoms with E-state index in [1.165, 1.54) is 4.90 Å². The summed E-state index contributed by atoms with van der Waals surface area (Å²) in [5.74, 6) is 0.318. The minimum Gasteiger partial charge on any atom is -0.354 e. The number of carbonyl (C=O) groups is 1. The largest absolute Gasteiger partial charge is 0.354 e. The smallest absolute Gasteiger partial charge is 0.224 e. The van der Waals surface area contributed by atoms with Crippen LogP contribution in [0.25, 0.3) is 0 Å². The fraction of sp³-hybridized carbons (Fsp3) is 0.562. The molecule has 124 valence electrons. The van der Waals surface area contributed by atoms with E-state index in [0.29, 0.717) is 6.54 Å². The van der Waals surface area contributed by atoms with Crippen molar-refractivity contribution in [1.82, 2.24) is 10.6 Å². The van der Waals surface area contributed by atoms with Crippen LogP contribution in [0.4, 0.5) is 0 Å². The average molecular weight is 408 g/mol. The Labute approximate surface area is 151 Å². The Morgan fingerprint density at radius 1 is 1.41 bits per heavy atom. The third-order valence-electron chi connectivity index (χ3n) is 3.56. The van der Waals surface area contributed by atoms with Gasteiger partial charge in [0.1, 0.15) is 0 Å². The van der Waals surface area contributed by atoms with E-state index in [4.69, 9.17) is 0 Å². The minimum absolute atomic E-state index is 0. The fourth-order valence-electron chi connectivity index (χ4n) is 2.38. The second-order valence-corrected chi connectivity index (χ2v) is 8.77. The van der Waals surface area contributed by atoms with Gasteiger partial charge in [-0.2, -0.15) is 0 Å². The zero-order valence-electron chi connectivity index (χ0n) is 13.0. The number of rotatable bonds is 5. The normalized spacial score (nSPS) is 18.4. The van der Waals surface area contributed by atoms with Gasteiger partial charge in [0.25, 0.3) is 0 Å². The number of amides is 1. The molecule has 22 heavy (non-hydrogen) atoms. The molecule has 1 aliphatic heterocycles. The van der Waals surface area contributed by atoms with Crippen molar-refractivity contribution in [3.8, 4) is 0 Å². The number of benzene rings is 1. The molecule has 0 aliphatic carbocycles. The van der Waals surface area contributed by atoms with E-state index in [1.807, 2.05) is 12.1 Å². The van der Waals surface area contributed by atoms with Gasteiger partial charge in [0.15, 0.2) is 0 Å². The van der Waals surface area contributed by atoms with Gasteiger partial charge in [-0.3, -0.25) is 4.79 Å². The van der Waals surface area contributed by atoms with Crippen LogP contribution in [0.1, 0.15) is 26.7 Å². The standard InChI is InChI=1S/C16H23BrN2OS.ClH/c1-16(2,21-14-7-5-13(17)6-8-14)11-19-15(20)12-4-3-9-18-10-12;/h5-8,12,18H,3-4,9-11H2,1-2H3,(H,19,20);1H. The van der Waals surface area contributed by atoms with E-state index < -0.39 is 0 Å². The zero-order valence-corrected chi connectivity index (χ0v) is 16.2. The third-order valence-corrected chi connectivity index (χ3v) is 5.30. The molecule has 0 bridgehead atoms. The lowest BCUT2D eigenvalue weighted by atomic mass is 9.98. The predicted molar refractivity (Wildman–Crippen MR) is 99.9 cm³/mol. The maximum absolute atomic E-state index is 12.2. The maximum Gasteiger partial charge on any atom is 0.224 e. The second kappa shape index (κ2) is 9.16. The average Bonchev–Trinajstić information content (AvgIpc) is 2.48. The van der Waals surface area contributed by atoms with Crippen molar-refractivity contribution in [2.75, 3.05) is 19.6 Å². The number of hydrogen-bond donors (Lipinski definition) is 2. The highest BCUT2D eigenvalue weighted by atomic mass is 79.9. The van der Waals surface area contributed by atoms with E-state index >= 15 is 0 Å². The summed E-state index contributed by atoms with van der Waals surface area (Å²) in [6, 6.07) is 8.29. The highest BCUT2D eigenvalue weighted by Gasteiger charge is 2.24. The molecule has 1 saturated heterocycles. The summed E-state index contributed by atoms with van der Waals surface area (Å²) >= 11 is 5.24. The number of piperidine rings is 1. The Kier molecular flexibility index (Phi) is 8.25. The number of carbonyl (C=O) groups excluding carboxylic acids is 1. The molecule has 2 N–H and O–H groups in total. The van der Waals surface area contributed by atoms with Gasteiger partial charge in [-0.05, 0) is 57.5 Å². The van der Waals surface area contributed by atoms with Crippen molar-refractivity contribution in [2.24, 2.45) is 5.92 Å². The van der Waals surface area contributed by atoms with Gasteiger partial charge < -0.3 is 10.6 Å². The van der Waals surface area contributed by atoms with Crippen LogP contribution in [0.5, 0.6) is 0 Å². The van der Waals surface area contributed by atoms with Crippen molar-refractivity contribution in [2.45, 2.75) is 36.3 Å². The molecule has 0 saturated carbocycles. The molecule has 6 heteroatoms. The third kappa shape index (κ3) is 6.49. The van der Waals surface area contributed by atoms with Crippen LogP contribution in [0.2, 0.25) is 0 Å². The number of thioether (sulfide) groups is 1. The molecule has 1 atom stereocenters. The molecule has 2 rings (SSSR count). The van der Waals surface area contributed by atoms with E-state index in [1.54, 1.807) is 11.8 Å². The van der Waals surface area contributed by atoms with Crippen LogP contribution in [0.3, 0.4) is 0 Å². The lowest BCUT2D eigenvalue weighted by Crippen LogP contribution is -2.44. The van der Waals surface area contributed by atoms with Crippen LogP contribution in [0.15, 0.2) is 33.6 Å². The summed E-state index contributed by atoms with van der Waals surface area (Å²) in [5.41, 5.74) is 0. The molecule has 1 heterocycles. The Morgan fingerprint density at radius 3 is 2.68 bits per heavy atom. The Morgan fingerprint density at radius 2 is 2.09 bits per heavy atom. The summed E-state index contributed by atoms with van der Waals surface area (Å²) in [5, 5.41) is 6.40. The minimum atomic E-state index is -0.0222. The lowest BCUT2D eigenvalue weighted by molar-refractivity contribution is -0.125. The molecule has 1 unspecified atom stereocenters. The molecule has 0 radical (unpaired) electrons. The Bertz CT molecular complexity index is 476. The van der Waals surface area contributed by atoms with Gasteiger partial charge in [0.2, 0.25) is 5.91 Å². The van der Waals surface area contributed by atoms with Crippen LogP contribution in [-0.4, -0.2) is 30.3 Å². The lowest BCUT2D eigenvalue weighted by Gasteiger charge is -2.27. The zero-order chi connectivity index (χ0) is 15.3. The molecule has 1 aromatic carbocycles. The quantitative estimate of drug-likeness (QED) is 0.728. The molecule has 1 aliphatic rings. The predicted octanol–water partition coefficient (Wildman–Crippen LogP) is 3.86. The highest BCUT2D eigenvalue weighted by molar-refractivity contribution is 9.10. The Balaban J connectivity index is 0.00000242. The molecular weight excluding hydrogens is 384 g/mol. The molecular formula is C16H24BrClN2OS. The van der Waals surface area contributed by atoms with Gasteiger partial charge >= 0.3 is 0 Å². The van der Waals surface area contributed by atoms with Crippen molar-refractivity contribution in [3.05, 3.63) is 28.7 Å². The molecule has 1 amide bonds. The van der Waals surface area contributed by atoms with Crippen molar-refractivity contribution in [1.29, 1.82) is 0 Å². The summed E-state index contributed by atoms with van der Waals surface area (Å²) < 4.78 is 1.06. The molecule has 1 fully saturated rings. The van der Waals surface area contributed by atoms with Crippen molar-refractivity contribution >= 4 is 46.0 Å². The van der Waals surface area contributed by atoms with Gasteiger partial charge in [-0.15, -0.1) is 24.2 Å². The van der Waals surface area contributed by atoms with E-state index in [2.05, 4.69) is 52.5 Å². The van der Waals surface area contributed by atoms with Gasteiger partial charge in [-0.25, -0.2) is 0 Å². The molecule has 1 aromatic rings. The summed E-state index contributed by atoms with van der Waals surface area (Å²) in [6.45, 7) is 6.86. The Hall–Kier alpha value is -0.230. The van der Waals surface area contributed by atoms with Crippen molar-refractivity contribution < 1.29 is 4.79 Å². The van der Waals surface area contributed by atoms with Crippen molar-refractivity contribution in [3.63, 3.8) is 0 Å². The first-order chi connectivity index (χ1) is 9.96. The second-order valence-electron chi connectivity index (χ2n) is 6.08. The highest BCUT2D eigenvalue weighted by Crippen LogP contribution is 2.32. The number of nitrogens with one attached hydrogen (secondary N) is 2. The van der Waals surface area contributed by atoms with Crippen LogP contribution < -0.4 is 10.6 Å². The van der Waals surface area contributed by atoms with Gasteiger partial charge in [0.05, 0.1) is 5.92 Å². The van der Waals surface area contributed by atoms with Crippen LogP contribution in [-0.2, 0) is 4.79 Å². The van der Waals surface area contributed by atoms with E-state index in [0.717, 1.165) is 30.4 Å².